The molecule has 1 aliphatic carbocycles. The Kier molecular flexibility index (Phi) is 5.54. The van der Waals surface area contributed by atoms with Crippen LogP contribution in [0.25, 0.3) is 11.3 Å². The summed E-state index contributed by atoms with van der Waals surface area (Å²) in [6.07, 6.45) is 0.593. The highest BCUT2D eigenvalue weighted by atomic mass is 19.1. The Morgan fingerprint density at radius 3 is 2.53 bits per heavy atom. The SMILES string of the molecule is COc1cc2c(cc1OC)-c1nn(COC(=O)C(C)(C)C)c(Nc3cccc(F)c3)c1C2. The predicted molar refractivity (Wildman–Crippen MR) is 119 cm³/mol. The topological polar surface area (TPSA) is 74.6 Å². The lowest BCUT2D eigenvalue weighted by molar-refractivity contribution is -0.157. The lowest BCUT2D eigenvalue weighted by Crippen LogP contribution is -2.24. The number of anilines is 2. The van der Waals surface area contributed by atoms with Gasteiger partial charge in [-0.05, 0) is 56.7 Å². The molecule has 2 aromatic carbocycles. The molecule has 32 heavy (non-hydrogen) atoms. The molecule has 3 aromatic rings. The molecule has 0 unspecified atom stereocenters. The molecule has 1 aliphatic rings. The summed E-state index contributed by atoms with van der Waals surface area (Å²) in [6.45, 7) is 5.31. The number of rotatable bonds is 6. The fraction of sp³-hybridized carbons (Fsp3) is 0.333. The van der Waals surface area contributed by atoms with E-state index in [9.17, 15) is 9.18 Å². The Bertz CT molecular complexity index is 1180. The van der Waals surface area contributed by atoms with E-state index in [4.69, 9.17) is 19.3 Å². The van der Waals surface area contributed by atoms with Crippen molar-refractivity contribution in [2.75, 3.05) is 19.5 Å². The second kappa shape index (κ2) is 8.18. The quantitative estimate of drug-likeness (QED) is 0.431. The standard InChI is InChI=1S/C24H26FN3O4/c1-24(2,3)23(29)32-13-28-22(26-16-8-6-7-15(25)11-16)18-9-14-10-19(30-4)20(31-5)12-17(14)21(18)27-28/h6-8,10-12,26H,9,13H2,1-5H3. The van der Waals surface area contributed by atoms with E-state index in [2.05, 4.69) is 5.32 Å². The van der Waals surface area contributed by atoms with E-state index in [0.29, 0.717) is 29.4 Å². The van der Waals surface area contributed by atoms with Gasteiger partial charge in [0.2, 0.25) is 0 Å². The van der Waals surface area contributed by atoms with Crippen LogP contribution in [0.2, 0.25) is 0 Å². The predicted octanol–water partition coefficient (Wildman–Crippen LogP) is 4.90. The molecular formula is C24H26FN3O4. The first-order valence-corrected chi connectivity index (χ1v) is 10.3. The van der Waals surface area contributed by atoms with E-state index in [1.807, 2.05) is 12.1 Å². The van der Waals surface area contributed by atoms with Crippen molar-refractivity contribution in [1.82, 2.24) is 9.78 Å². The van der Waals surface area contributed by atoms with Gasteiger partial charge in [0.15, 0.2) is 18.2 Å². The number of nitrogens with one attached hydrogen (secondary N) is 1. The monoisotopic (exact) mass is 439 g/mol. The molecule has 4 rings (SSSR count). The molecule has 0 saturated carbocycles. The number of benzene rings is 2. The number of hydrogen-bond donors (Lipinski definition) is 1. The number of ether oxygens (including phenoxy) is 3. The van der Waals surface area contributed by atoms with Crippen molar-refractivity contribution in [2.24, 2.45) is 5.41 Å². The van der Waals surface area contributed by atoms with Gasteiger partial charge in [0.05, 0.1) is 25.3 Å². The maximum Gasteiger partial charge on any atom is 0.313 e. The first-order valence-electron chi connectivity index (χ1n) is 10.3. The number of carbonyl (C=O) groups is 1. The van der Waals surface area contributed by atoms with Gasteiger partial charge < -0.3 is 19.5 Å². The molecule has 8 heteroatoms. The first-order chi connectivity index (χ1) is 15.2. The Labute approximate surface area is 186 Å². The van der Waals surface area contributed by atoms with E-state index in [1.54, 1.807) is 51.8 Å². The molecule has 0 atom stereocenters. The Morgan fingerprint density at radius 1 is 1.16 bits per heavy atom. The van der Waals surface area contributed by atoms with Gasteiger partial charge in [0, 0.05) is 23.2 Å². The van der Waals surface area contributed by atoms with Gasteiger partial charge in [-0.3, -0.25) is 4.79 Å². The molecule has 1 heterocycles. The van der Waals surface area contributed by atoms with Crippen molar-refractivity contribution in [3.05, 3.63) is 53.3 Å². The number of aromatic nitrogens is 2. The number of esters is 1. The minimum Gasteiger partial charge on any atom is -0.493 e. The highest BCUT2D eigenvalue weighted by molar-refractivity contribution is 5.82. The van der Waals surface area contributed by atoms with Crippen LogP contribution in [-0.4, -0.2) is 30.0 Å². The summed E-state index contributed by atoms with van der Waals surface area (Å²) in [5.74, 6) is 1.20. The van der Waals surface area contributed by atoms with Crippen LogP contribution < -0.4 is 14.8 Å². The fourth-order valence-electron chi connectivity index (χ4n) is 3.63. The molecular weight excluding hydrogens is 413 g/mol. The molecule has 0 spiro atoms. The third-order valence-corrected chi connectivity index (χ3v) is 5.30. The summed E-state index contributed by atoms with van der Waals surface area (Å²) < 4.78 is 31.8. The lowest BCUT2D eigenvalue weighted by atomic mass is 9.98. The van der Waals surface area contributed by atoms with Gasteiger partial charge in [-0.1, -0.05) is 6.07 Å². The average Bonchev–Trinajstić information content (AvgIpc) is 3.26. The third-order valence-electron chi connectivity index (χ3n) is 5.30. The zero-order chi connectivity index (χ0) is 23.0. The maximum atomic E-state index is 13.8. The summed E-state index contributed by atoms with van der Waals surface area (Å²) in [4.78, 5) is 12.3. The molecule has 0 aliphatic heterocycles. The van der Waals surface area contributed by atoms with Gasteiger partial charge in [0.1, 0.15) is 11.6 Å². The Balaban J connectivity index is 1.75. The van der Waals surface area contributed by atoms with Crippen molar-refractivity contribution in [3.8, 4) is 22.8 Å². The molecule has 0 amide bonds. The van der Waals surface area contributed by atoms with Crippen LogP contribution in [0, 0.1) is 11.2 Å². The van der Waals surface area contributed by atoms with Crippen LogP contribution in [0.1, 0.15) is 31.9 Å². The fourth-order valence-corrected chi connectivity index (χ4v) is 3.63. The normalized spacial score (nSPS) is 12.2. The summed E-state index contributed by atoms with van der Waals surface area (Å²) in [6, 6.07) is 10.0. The number of carbonyl (C=O) groups excluding carboxylic acids is 1. The average molecular weight is 439 g/mol. The minimum absolute atomic E-state index is 0.0661. The first kappa shape index (κ1) is 21.7. The molecule has 7 nitrogen and oxygen atoms in total. The maximum absolute atomic E-state index is 13.8. The Hall–Kier alpha value is -3.55. The van der Waals surface area contributed by atoms with Crippen molar-refractivity contribution < 1.29 is 23.4 Å². The molecule has 0 radical (unpaired) electrons. The second-order valence-electron chi connectivity index (χ2n) is 8.66. The largest absolute Gasteiger partial charge is 0.493 e. The summed E-state index contributed by atoms with van der Waals surface area (Å²) in [7, 11) is 3.18. The Morgan fingerprint density at radius 2 is 1.88 bits per heavy atom. The van der Waals surface area contributed by atoms with E-state index in [-0.39, 0.29) is 18.5 Å². The van der Waals surface area contributed by atoms with Gasteiger partial charge >= 0.3 is 5.97 Å². The van der Waals surface area contributed by atoms with Crippen LogP contribution in [0.5, 0.6) is 11.5 Å². The van der Waals surface area contributed by atoms with Crippen LogP contribution in [0.4, 0.5) is 15.9 Å². The van der Waals surface area contributed by atoms with Crippen LogP contribution >= 0.6 is 0 Å². The van der Waals surface area contributed by atoms with Gasteiger partial charge in [-0.2, -0.15) is 5.10 Å². The number of methoxy groups -OCH3 is 2. The minimum atomic E-state index is -0.636. The van der Waals surface area contributed by atoms with Gasteiger partial charge in [-0.15, -0.1) is 0 Å². The molecule has 0 fully saturated rings. The zero-order valence-electron chi connectivity index (χ0n) is 18.8. The van der Waals surface area contributed by atoms with Crippen molar-refractivity contribution in [3.63, 3.8) is 0 Å². The number of halogens is 1. The molecule has 1 aromatic heterocycles. The lowest BCUT2D eigenvalue weighted by Gasteiger charge is -2.18. The van der Waals surface area contributed by atoms with Gasteiger partial charge in [0.25, 0.3) is 0 Å². The second-order valence-corrected chi connectivity index (χ2v) is 8.66. The highest BCUT2D eigenvalue weighted by Crippen LogP contribution is 2.45. The number of hydrogen-bond acceptors (Lipinski definition) is 6. The summed E-state index contributed by atoms with van der Waals surface area (Å²) in [5.41, 5.74) is 3.57. The summed E-state index contributed by atoms with van der Waals surface area (Å²) >= 11 is 0. The summed E-state index contributed by atoms with van der Waals surface area (Å²) in [5, 5.41) is 7.98. The van der Waals surface area contributed by atoms with Crippen LogP contribution in [0.3, 0.4) is 0 Å². The number of fused-ring (bicyclic) bond motifs is 3. The van der Waals surface area contributed by atoms with Crippen molar-refractivity contribution in [2.45, 2.75) is 33.9 Å². The molecule has 168 valence electrons. The third kappa shape index (κ3) is 4.00. The van der Waals surface area contributed by atoms with Gasteiger partial charge in [-0.25, -0.2) is 9.07 Å². The van der Waals surface area contributed by atoms with E-state index >= 15 is 0 Å². The van der Waals surface area contributed by atoms with Crippen LogP contribution in [-0.2, 0) is 22.7 Å². The highest BCUT2D eigenvalue weighted by Gasteiger charge is 2.30. The van der Waals surface area contributed by atoms with Crippen molar-refractivity contribution >= 4 is 17.5 Å². The van der Waals surface area contributed by atoms with Crippen LogP contribution in [0.15, 0.2) is 36.4 Å². The van der Waals surface area contributed by atoms with E-state index in [0.717, 1.165) is 22.4 Å². The smallest absolute Gasteiger partial charge is 0.313 e. The number of nitrogens with zero attached hydrogens (tertiary/aromatic N) is 2. The molecule has 0 bridgehead atoms. The molecule has 1 N–H and O–H groups in total. The van der Waals surface area contributed by atoms with Crippen molar-refractivity contribution in [1.29, 1.82) is 0 Å². The zero-order valence-corrected chi connectivity index (χ0v) is 18.8. The van der Waals surface area contributed by atoms with E-state index in [1.165, 1.54) is 12.1 Å². The molecule has 0 saturated heterocycles. The van der Waals surface area contributed by atoms with E-state index < -0.39 is 5.41 Å².